The van der Waals surface area contributed by atoms with Crippen LogP contribution in [0.25, 0.3) is 0 Å². The van der Waals surface area contributed by atoms with Crippen molar-refractivity contribution in [3.8, 4) is 11.5 Å². The number of hydrogen-bond donors (Lipinski definition) is 1. The predicted molar refractivity (Wildman–Crippen MR) is 168 cm³/mol. The van der Waals surface area contributed by atoms with Crippen molar-refractivity contribution in [1.82, 2.24) is 14.7 Å². The van der Waals surface area contributed by atoms with Gasteiger partial charge >= 0.3 is 6.03 Å². The SMILES string of the molecule is CC(C)c1cccc(C(C)C)c1NC(=O)N(CCN1CCOCC1)CC(=O)N(Cc1ccc2c(c1)OCO2)Cc1ccco1. The van der Waals surface area contributed by atoms with Gasteiger partial charge in [0.1, 0.15) is 12.3 Å². The van der Waals surface area contributed by atoms with Crippen molar-refractivity contribution in [2.75, 3.05) is 58.0 Å². The minimum absolute atomic E-state index is 0.0811. The van der Waals surface area contributed by atoms with E-state index in [0.29, 0.717) is 50.1 Å². The van der Waals surface area contributed by atoms with Gasteiger partial charge in [0.05, 0.1) is 26.0 Å². The molecule has 2 aliphatic heterocycles. The first-order valence-corrected chi connectivity index (χ1v) is 15.5. The molecule has 44 heavy (non-hydrogen) atoms. The fourth-order valence-electron chi connectivity index (χ4n) is 5.57. The molecular formula is C34H44N4O6. The molecule has 1 fully saturated rings. The van der Waals surface area contributed by atoms with Crippen LogP contribution in [0.3, 0.4) is 0 Å². The Kier molecular flexibility index (Phi) is 10.4. The molecule has 1 N–H and O–H groups in total. The van der Waals surface area contributed by atoms with Crippen LogP contribution in [0.2, 0.25) is 0 Å². The predicted octanol–water partition coefficient (Wildman–Crippen LogP) is 5.65. The van der Waals surface area contributed by atoms with E-state index in [2.05, 4.69) is 50.0 Å². The lowest BCUT2D eigenvalue weighted by Crippen LogP contribution is -2.48. The molecule has 5 rings (SSSR count). The Morgan fingerprint density at radius 1 is 0.886 bits per heavy atom. The molecule has 0 radical (unpaired) electrons. The van der Waals surface area contributed by atoms with Gasteiger partial charge in [0.15, 0.2) is 11.5 Å². The van der Waals surface area contributed by atoms with Crippen LogP contribution in [0.15, 0.2) is 59.2 Å². The van der Waals surface area contributed by atoms with E-state index in [0.717, 1.165) is 35.5 Å². The van der Waals surface area contributed by atoms with Crippen LogP contribution in [0.4, 0.5) is 10.5 Å². The standard InChI is InChI=1S/C34H44N4O6/c1-24(2)28-8-5-9-29(25(3)4)33(28)35-34(40)37(13-12-36-14-17-41-18-15-36)22-32(39)38(21-27-7-6-16-42-27)20-26-10-11-30-31(19-26)44-23-43-30/h5-11,16,19,24-25H,12-15,17-18,20-23H2,1-4H3,(H,35,40). The number of hydrogen-bond acceptors (Lipinski definition) is 7. The van der Waals surface area contributed by atoms with Crippen LogP contribution in [-0.4, -0.2) is 79.4 Å². The highest BCUT2D eigenvalue weighted by Gasteiger charge is 2.26. The zero-order valence-corrected chi connectivity index (χ0v) is 26.2. The lowest BCUT2D eigenvalue weighted by Gasteiger charge is -2.32. The highest BCUT2D eigenvalue weighted by atomic mass is 16.7. The summed E-state index contributed by atoms with van der Waals surface area (Å²) >= 11 is 0. The molecule has 0 saturated carbocycles. The van der Waals surface area contributed by atoms with Crippen LogP contribution >= 0.6 is 0 Å². The quantitative estimate of drug-likeness (QED) is 0.285. The van der Waals surface area contributed by atoms with E-state index in [1.807, 2.05) is 30.3 Å². The molecule has 10 nitrogen and oxygen atoms in total. The first kappa shape index (κ1) is 31.4. The number of urea groups is 1. The van der Waals surface area contributed by atoms with Gasteiger partial charge in [0.25, 0.3) is 0 Å². The molecular weight excluding hydrogens is 560 g/mol. The molecule has 2 aromatic carbocycles. The zero-order chi connectivity index (χ0) is 31.1. The molecule has 1 aromatic heterocycles. The molecule has 3 heterocycles. The normalized spacial score (nSPS) is 14.7. The minimum Gasteiger partial charge on any atom is -0.467 e. The van der Waals surface area contributed by atoms with E-state index in [9.17, 15) is 9.59 Å². The van der Waals surface area contributed by atoms with Crippen molar-refractivity contribution in [2.24, 2.45) is 0 Å². The summed E-state index contributed by atoms with van der Waals surface area (Å²) in [6.45, 7) is 13.2. The maximum atomic E-state index is 14.0. The highest BCUT2D eigenvalue weighted by Crippen LogP contribution is 2.34. The number of amides is 3. The average Bonchev–Trinajstić information content (AvgIpc) is 3.71. The number of anilines is 1. The van der Waals surface area contributed by atoms with E-state index in [1.165, 1.54) is 0 Å². The Bertz CT molecular complexity index is 1370. The maximum absolute atomic E-state index is 14.0. The number of fused-ring (bicyclic) bond motifs is 1. The Morgan fingerprint density at radius 2 is 1.61 bits per heavy atom. The van der Waals surface area contributed by atoms with E-state index >= 15 is 0 Å². The Balaban J connectivity index is 1.38. The van der Waals surface area contributed by atoms with E-state index in [-0.39, 0.29) is 43.7 Å². The van der Waals surface area contributed by atoms with Gasteiger partial charge in [0, 0.05) is 38.4 Å². The van der Waals surface area contributed by atoms with Crippen molar-refractivity contribution in [1.29, 1.82) is 0 Å². The van der Waals surface area contributed by atoms with E-state index < -0.39 is 0 Å². The zero-order valence-electron chi connectivity index (χ0n) is 26.2. The van der Waals surface area contributed by atoms with Gasteiger partial charge in [-0.1, -0.05) is 52.0 Å². The maximum Gasteiger partial charge on any atom is 0.322 e. The van der Waals surface area contributed by atoms with Crippen LogP contribution in [0.1, 0.15) is 62.0 Å². The molecule has 0 bridgehead atoms. The van der Waals surface area contributed by atoms with Crippen LogP contribution in [-0.2, 0) is 22.6 Å². The van der Waals surface area contributed by atoms with Crippen molar-refractivity contribution in [2.45, 2.75) is 52.6 Å². The molecule has 2 aliphatic rings. The third-order valence-electron chi connectivity index (χ3n) is 8.10. The molecule has 0 unspecified atom stereocenters. The molecule has 236 valence electrons. The fraction of sp³-hybridized carbons (Fsp3) is 0.471. The largest absolute Gasteiger partial charge is 0.467 e. The third-order valence-corrected chi connectivity index (χ3v) is 8.10. The van der Waals surface area contributed by atoms with Crippen molar-refractivity contribution >= 4 is 17.6 Å². The van der Waals surface area contributed by atoms with Gasteiger partial charge < -0.3 is 33.7 Å². The number of furan rings is 1. The molecule has 0 spiro atoms. The summed E-state index contributed by atoms with van der Waals surface area (Å²) in [4.78, 5) is 33.7. The van der Waals surface area contributed by atoms with Crippen molar-refractivity contribution in [3.05, 3.63) is 77.2 Å². The smallest absolute Gasteiger partial charge is 0.322 e. The molecule has 0 aliphatic carbocycles. The number of carbonyl (C=O) groups is 2. The summed E-state index contributed by atoms with van der Waals surface area (Å²) in [6.07, 6.45) is 1.60. The summed E-state index contributed by atoms with van der Waals surface area (Å²) in [6, 6.07) is 15.2. The summed E-state index contributed by atoms with van der Waals surface area (Å²) in [5.74, 6) is 2.26. The van der Waals surface area contributed by atoms with Gasteiger partial charge in [-0.3, -0.25) is 9.69 Å². The first-order valence-electron chi connectivity index (χ1n) is 15.5. The number of benzene rings is 2. The van der Waals surface area contributed by atoms with Crippen molar-refractivity contribution in [3.63, 3.8) is 0 Å². The number of rotatable bonds is 12. The second-order valence-corrected chi connectivity index (χ2v) is 11.9. The van der Waals surface area contributed by atoms with E-state index in [1.54, 1.807) is 22.1 Å². The molecule has 1 saturated heterocycles. The Morgan fingerprint density at radius 3 is 2.30 bits per heavy atom. The summed E-state index contributed by atoms with van der Waals surface area (Å²) in [5, 5.41) is 3.22. The number of morpholine rings is 1. The number of nitrogens with zero attached hydrogens (tertiary/aromatic N) is 3. The molecule has 3 aromatic rings. The summed E-state index contributed by atoms with van der Waals surface area (Å²) < 4.78 is 22.1. The highest BCUT2D eigenvalue weighted by molar-refractivity contribution is 5.94. The Labute approximate surface area is 259 Å². The second-order valence-electron chi connectivity index (χ2n) is 11.9. The Hall–Kier alpha value is -4.02. The summed E-state index contributed by atoms with van der Waals surface area (Å²) in [5.41, 5.74) is 3.88. The van der Waals surface area contributed by atoms with Gasteiger partial charge in [-0.2, -0.15) is 0 Å². The van der Waals surface area contributed by atoms with Gasteiger partial charge in [-0.15, -0.1) is 0 Å². The molecule has 10 heteroatoms. The lowest BCUT2D eigenvalue weighted by molar-refractivity contribution is -0.133. The molecule has 3 amide bonds. The topological polar surface area (TPSA) is 96.7 Å². The number of carbonyl (C=O) groups excluding carboxylic acids is 2. The monoisotopic (exact) mass is 604 g/mol. The van der Waals surface area contributed by atoms with Gasteiger partial charge in [-0.05, 0) is 52.8 Å². The van der Waals surface area contributed by atoms with Crippen LogP contribution in [0.5, 0.6) is 11.5 Å². The van der Waals surface area contributed by atoms with Crippen LogP contribution in [0, 0.1) is 0 Å². The van der Waals surface area contributed by atoms with Gasteiger partial charge in [0.2, 0.25) is 12.7 Å². The number of para-hydroxylation sites is 1. The van der Waals surface area contributed by atoms with Gasteiger partial charge in [-0.25, -0.2) is 4.79 Å². The molecule has 0 atom stereocenters. The van der Waals surface area contributed by atoms with Crippen LogP contribution < -0.4 is 14.8 Å². The first-order chi connectivity index (χ1) is 21.3. The summed E-state index contributed by atoms with van der Waals surface area (Å²) in [7, 11) is 0. The van der Waals surface area contributed by atoms with Crippen molar-refractivity contribution < 1.29 is 28.2 Å². The van der Waals surface area contributed by atoms with E-state index in [4.69, 9.17) is 18.6 Å². The average molecular weight is 605 g/mol. The third kappa shape index (κ3) is 7.92. The number of ether oxygens (including phenoxy) is 3. The lowest BCUT2D eigenvalue weighted by atomic mass is 9.93. The number of nitrogens with one attached hydrogen (secondary N) is 1. The minimum atomic E-state index is -0.289. The second kappa shape index (κ2) is 14.6. The fourth-order valence-corrected chi connectivity index (χ4v) is 5.57.